The lowest BCUT2D eigenvalue weighted by Crippen LogP contribution is -2.39. The molecule has 214 valence electrons. The summed E-state index contributed by atoms with van der Waals surface area (Å²) in [7, 11) is 0. The van der Waals surface area contributed by atoms with Crippen molar-refractivity contribution in [3.8, 4) is 0 Å². The molecule has 1 heterocycles. The van der Waals surface area contributed by atoms with Crippen molar-refractivity contribution in [2.24, 2.45) is 0 Å². The standard InChI is InChI=1S/C34H68N2/c1-4-7-10-13-15-17-18-19-20-21-22-24-26-29-34-35(30-27-12-9-6-3)32-33-36(34)31-28-25-23-16-14-11-8-5-2/h32-34H,4-31H2,1-3H3. The van der Waals surface area contributed by atoms with Gasteiger partial charge in [-0.3, -0.25) is 0 Å². The van der Waals surface area contributed by atoms with E-state index in [0.717, 1.165) is 0 Å². The lowest BCUT2D eigenvalue weighted by atomic mass is 10.0. The summed E-state index contributed by atoms with van der Waals surface area (Å²) in [5.41, 5.74) is 0. The fourth-order valence-electron chi connectivity index (χ4n) is 5.83. The van der Waals surface area contributed by atoms with E-state index < -0.39 is 0 Å². The van der Waals surface area contributed by atoms with Crippen molar-refractivity contribution in [2.75, 3.05) is 13.1 Å². The minimum absolute atomic E-state index is 0.642. The van der Waals surface area contributed by atoms with E-state index in [-0.39, 0.29) is 0 Å². The summed E-state index contributed by atoms with van der Waals surface area (Å²) >= 11 is 0. The highest BCUT2D eigenvalue weighted by Crippen LogP contribution is 2.24. The van der Waals surface area contributed by atoms with Crippen LogP contribution >= 0.6 is 0 Å². The quantitative estimate of drug-likeness (QED) is 0.0977. The van der Waals surface area contributed by atoms with Crippen molar-refractivity contribution < 1.29 is 0 Å². The van der Waals surface area contributed by atoms with Crippen LogP contribution in [0.25, 0.3) is 0 Å². The molecule has 0 aromatic carbocycles. The lowest BCUT2D eigenvalue weighted by molar-refractivity contribution is 0.135. The van der Waals surface area contributed by atoms with Crippen molar-refractivity contribution in [3.05, 3.63) is 12.4 Å². The second-order valence-electron chi connectivity index (χ2n) is 11.8. The van der Waals surface area contributed by atoms with Crippen LogP contribution < -0.4 is 0 Å². The number of hydrogen-bond acceptors (Lipinski definition) is 2. The molecule has 0 N–H and O–H groups in total. The molecule has 0 aromatic heterocycles. The van der Waals surface area contributed by atoms with Crippen LogP contribution in [0.5, 0.6) is 0 Å². The van der Waals surface area contributed by atoms with Gasteiger partial charge in [-0.1, -0.05) is 162 Å². The minimum atomic E-state index is 0.642. The van der Waals surface area contributed by atoms with E-state index in [1.54, 1.807) is 0 Å². The van der Waals surface area contributed by atoms with Crippen molar-refractivity contribution in [2.45, 2.75) is 194 Å². The molecule has 0 radical (unpaired) electrons. The molecular weight excluding hydrogens is 436 g/mol. The topological polar surface area (TPSA) is 6.48 Å². The van der Waals surface area contributed by atoms with Crippen LogP contribution in [0.2, 0.25) is 0 Å². The Bertz CT molecular complexity index is 460. The maximum absolute atomic E-state index is 2.69. The summed E-state index contributed by atoms with van der Waals surface area (Å²) in [6.07, 6.45) is 42.5. The molecule has 36 heavy (non-hydrogen) atoms. The molecule has 1 rings (SSSR count). The Morgan fingerprint density at radius 2 is 0.639 bits per heavy atom. The predicted octanol–water partition coefficient (Wildman–Crippen LogP) is 11.6. The molecular formula is C34H68N2. The van der Waals surface area contributed by atoms with Crippen LogP contribution in [0.1, 0.15) is 188 Å². The maximum atomic E-state index is 2.69. The van der Waals surface area contributed by atoms with E-state index in [1.165, 1.54) is 180 Å². The van der Waals surface area contributed by atoms with E-state index in [0.29, 0.717) is 6.17 Å². The fraction of sp³-hybridized carbons (Fsp3) is 0.941. The average Bonchev–Trinajstić information content (AvgIpc) is 3.27. The molecule has 0 fully saturated rings. The van der Waals surface area contributed by atoms with Gasteiger partial charge < -0.3 is 9.80 Å². The van der Waals surface area contributed by atoms with Gasteiger partial charge in [-0.05, 0) is 25.7 Å². The summed E-state index contributed by atoms with van der Waals surface area (Å²) in [4.78, 5) is 5.37. The number of rotatable bonds is 28. The van der Waals surface area contributed by atoms with Crippen molar-refractivity contribution in [1.82, 2.24) is 9.80 Å². The minimum Gasteiger partial charge on any atom is -0.356 e. The second-order valence-corrected chi connectivity index (χ2v) is 11.8. The first-order valence-corrected chi connectivity index (χ1v) is 17.0. The highest BCUT2D eigenvalue weighted by Gasteiger charge is 2.24. The molecule has 0 aliphatic carbocycles. The van der Waals surface area contributed by atoms with Gasteiger partial charge >= 0.3 is 0 Å². The molecule has 0 spiro atoms. The fourth-order valence-corrected chi connectivity index (χ4v) is 5.83. The Morgan fingerprint density at radius 3 is 1.00 bits per heavy atom. The van der Waals surface area contributed by atoms with E-state index in [1.807, 2.05) is 0 Å². The van der Waals surface area contributed by atoms with E-state index >= 15 is 0 Å². The highest BCUT2D eigenvalue weighted by atomic mass is 15.4. The number of hydrogen-bond donors (Lipinski definition) is 0. The Balaban J connectivity index is 2.16. The Kier molecular flexibility index (Phi) is 24.1. The molecule has 1 aliphatic rings. The van der Waals surface area contributed by atoms with E-state index in [2.05, 4.69) is 43.0 Å². The summed E-state index contributed by atoms with van der Waals surface area (Å²) in [6, 6.07) is 0. The molecule has 1 atom stereocenters. The molecule has 2 heteroatoms. The average molecular weight is 505 g/mol. The largest absolute Gasteiger partial charge is 0.356 e. The maximum Gasteiger partial charge on any atom is 0.101 e. The Morgan fingerprint density at radius 1 is 0.361 bits per heavy atom. The third-order valence-corrected chi connectivity index (χ3v) is 8.32. The summed E-state index contributed by atoms with van der Waals surface area (Å²) < 4.78 is 0. The van der Waals surface area contributed by atoms with Gasteiger partial charge in [-0.15, -0.1) is 0 Å². The molecule has 1 unspecified atom stereocenters. The van der Waals surface area contributed by atoms with E-state index in [9.17, 15) is 0 Å². The van der Waals surface area contributed by atoms with Gasteiger partial charge in [0.05, 0.1) is 0 Å². The molecule has 0 amide bonds. The lowest BCUT2D eigenvalue weighted by Gasteiger charge is -2.33. The smallest absolute Gasteiger partial charge is 0.101 e. The molecule has 0 aromatic rings. The van der Waals surface area contributed by atoms with Crippen LogP contribution in [-0.4, -0.2) is 29.1 Å². The first-order valence-electron chi connectivity index (χ1n) is 17.0. The normalized spacial score (nSPS) is 15.5. The number of unbranched alkanes of at least 4 members (excludes halogenated alkanes) is 22. The zero-order chi connectivity index (χ0) is 25.9. The summed E-state index contributed by atoms with van der Waals surface area (Å²) in [6.45, 7) is 9.46. The van der Waals surface area contributed by atoms with Gasteiger partial charge in [0.25, 0.3) is 0 Å². The van der Waals surface area contributed by atoms with Crippen molar-refractivity contribution in [1.29, 1.82) is 0 Å². The van der Waals surface area contributed by atoms with Gasteiger partial charge in [0.1, 0.15) is 6.17 Å². The van der Waals surface area contributed by atoms with Gasteiger partial charge in [0.2, 0.25) is 0 Å². The third kappa shape index (κ3) is 18.6. The van der Waals surface area contributed by atoms with Crippen LogP contribution in [-0.2, 0) is 0 Å². The zero-order valence-electron chi connectivity index (χ0n) is 25.4. The van der Waals surface area contributed by atoms with Gasteiger partial charge in [0.15, 0.2) is 0 Å². The van der Waals surface area contributed by atoms with Crippen LogP contribution in [0, 0.1) is 0 Å². The molecule has 0 bridgehead atoms. The SMILES string of the molecule is CCCCCCCCCCCCCCCC1N(CCCCCC)C=CN1CCCCCCCCCC. The monoisotopic (exact) mass is 505 g/mol. The molecule has 1 aliphatic heterocycles. The molecule has 0 saturated carbocycles. The van der Waals surface area contributed by atoms with Gasteiger partial charge in [-0.25, -0.2) is 0 Å². The highest BCUT2D eigenvalue weighted by molar-refractivity contribution is 4.97. The third-order valence-electron chi connectivity index (χ3n) is 8.32. The van der Waals surface area contributed by atoms with E-state index in [4.69, 9.17) is 0 Å². The van der Waals surface area contributed by atoms with Crippen molar-refractivity contribution in [3.63, 3.8) is 0 Å². The molecule has 0 saturated heterocycles. The molecule has 2 nitrogen and oxygen atoms in total. The zero-order valence-corrected chi connectivity index (χ0v) is 25.4. The van der Waals surface area contributed by atoms with Crippen LogP contribution in [0.4, 0.5) is 0 Å². The summed E-state index contributed by atoms with van der Waals surface area (Å²) in [5.74, 6) is 0. The van der Waals surface area contributed by atoms with Crippen molar-refractivity contribution >= 4 is 0 Å². The van der Waals surface area contributed by atoms with Gasteiger partial charge in [-0.2, -0.15) is 0 Å². The first-order chi connectivity index (χ1) is 17.8. The summed E-state index contributed by atoms with van der Waals surface area (Å²) in [5, 5.41) is 0. The first kappa shape index (κ1) is 33.4. The predicted molar refractivity (Wildman–Crippen MR) is 163 cm³/mol. The van der Waals surface area contributed by atoms with Gasteiger partial charge in [0, 0.05) is 25.5 Å². The number of nitrogens with zero attached hydrogens (tertiary/aromatic N) is 2. The Labute approximate surface area is 229 Å². The second kappa shape index (κ2) is 26.0. The van der Waals surface area contributed by atoms with Crippen LogP contribution in [0.15, 0.2) is 12.4 Å². The van der Waals surface area contributed by atoms with Crippen LogP contribution in [0.3, 0.4) is 0 Å². The Hall–Kier alpha value is -0.660.